The third-order valence-electron chi connectivity index (χ3n) is 5.94. The smallest absolute Gasteiger partial charge is 0.242 e. The summed E-state index contributed by atoms with van der Waals surface area (Å²) >= 11 is 0. The summed E-state index contributed by atoms with van der Waals surface area (Å²) < 4.78 is 25.5. The van der Waals surface area contributed by atoms with Crippen LogP contribution in [-0.2, 0) is 19.4 Å². The van der Waals surface area contributed by atoms with E-state index in [1.807, 2.05) is 23.1 Å². The van der Waals surface area contributed by atoms with E-state index >= 15 is 0 Å². The predicted octanol–water partition coefficient (Wildman–Crippen LogP) is 0.881. The van der Waals surface area contributed by atoms with Crippen LogP contribution < -0.4 is 10.6 Å². The first-order chi connectivity index (χ1) is 17.1. The average molecular weight is 514 g/mol. The van der Waals surface area contributed by atoms with Gasteiger partial charge in [0.25, 0.3) is 0 Å². The van der Waals surface area contributed by atoms with Crippen LogP contribution in [0.3, 0.4) is 0 Å². The van der Waals surface area contributed by atoms with Crippen LogP contribution in [0.2, 0.25) is 0 Å². The summed E-state index contributed by atoms with van der Waals surface area (Å²) in [5.74, 6) is 0.561. The van der Waals surface area contributed by atoms with Crippen LogP contribution in [0.15, 0.2) is 47.8 Å². The van der Waals surface area contributed by atoms with Crippen LogP contribution in [0, 0.1) is 0 Å². The lowest BCUT2D eigenvalue weighted by molar-refractivity contribution is -0.131. The average Bonchev–Trinajstić information content (AvgIpc) is 3.20. The molecule has 4 rings (SSSR count). The molecular weight excluding hydrogens is 482 g/mol. The summed E-state index contributed by atoms with van der Waals surface area (Å²) in [5.41, 5.74) is 1.91. The Bertz CT molecular complexity index is 1340. The Hall–Kier alpha value is -3.51. The fraction of sp³-hybridized carbons (Fsp3) is 0.417. The lowest BCUT2D eigenvalue weighted by Gasteiger charge is -2.34. The molecule has 3 aromatic rings. The highest BCUT2D eigenvalue weighted by Crippen LogP contribution is 2.29. The van der Waals surface area contributed by atoms with Gasteiger partial charge < -0.3 is 15.5 Å². The first-order valence-corrected chi connectivity index (χ1v) is 13.7. The van der Waals surface area contributed by atoms with Gasteiger partial charge in [0.15, 0.2) is 15.5 Å². The number of amides is 2. The normalized spacial score (nSPS) is 14.8. The van der Waals surface area contributed by atoms with Crippen molar-refractivity contribution >= 4 is 33.1 Å². The standard InChI is InChI=1S/C24H31N7O4S/c1-17(2)27-21(32)16-29-10-12-30(13-11-29)22(33)15-26-24-23(28-20-14-25-8-9-31(20)24)18-4-6-19(7-5-18)36(3,34)35/h4-9,14,17,26H,10-13,15-16H2,1-3H3,(H,27,32). The SMILES string of the molecule is CC(C)NC(=O)CN1CCN(C(=O)CNc2c(-c3ccc(S(C)(=O)=O)cc3)nc3cnccn23)CC1. The van der Waals surface area contributed by atoms with Gasteiger partial charge in [-0.3, -0.25) is 23.9 Å². The van der Waals surface area contributed by atoms with Gasteiger partial charge in [0, 0.05) is 56.4 Å². The number of benzene rings is 1. The molecule has 0 unspecified atom stereocenters. The molecule has 1 aliphatic heterocycles. The molecule has 1 fully saturated rings. The number of aromatic nitrogens is 3. The maximum atomic E-state index is 13.0. The molecule has 11 nitrogen and oxygen atoms in total. The highest BCUT2D eigenvalue weighted by atomic mass is 32.2. The second-order valence-electron chi connectivity index (χ2n) is 9.14. The van der Waals surface area contributed by atoms with Crippen molar-refractivity contribution in [2.45, 2.75) is 24.8 Å². The van der Waals surface area contributed by atoms with Gasteiger partial charge in [-0.05, 0) is 26.0 Å². The van der Waals surface area contributed by atoms with Crippen LogP contribution in [-0.4, -0.2) is 96.0 Å². The minimum atomic E-state index is -3.31. The first kappa shape index (κ1) is 25.6. The van der Waals surface area contributed by atoms with Crippen molar-refractivity contribution in [1.82, 2.24) is 29.5 Å². The van der Waals surface area contributed by atoms with Crippen molar-refractivity contribution in [3.8, 4) is 11.3 Å². The van der Waals surface area contributed by atoms with E-state index in [1.54, 1.807) is 47.8 Å². The second-order valence-corrected chi connectivity index (χ2v) is 11.2. The number of piperazine rings is 1. The fourth-order valence-corrected chi connectivity index (χ4v) is 4.76. The minimum absolute atomic E-state index is 0.00866. The van der Waals surface area contributed by atoms with E-state index in [2.05, 4.69) is 20.6 Å². The molecule has 192 valence electrons. The summed E-state index contributed by atoms with van der Waals surface area (Å²) in [6.45, 7) is 6.62. The number of sulfone groups is 1. The quantitative estimate of drug-likeness (QED) is 0.454. The maximum absolute atomic E-state index is 13.0. The number of fused-ring (bicyclic) bond motifs is 1. The van der Waals surface area contributed by atoms with Crippen LogP contribution in [0.5, 0.6) is 0 Å². The van der Waals surface area contributed by atoms with Gasteiger partial charge in [0.1, 0.15) is 11.5 Å². The predicted molar refractivity (Wildman–Crippen MR) is 136 cm³/mol. The summed E-state index contributed by atoms with van der Waals surface area (Å²) in [4.78, 5) is 37.8. The van der Waals surface area contributed by atoms with Crippen molar-refractivity contribution < 1.29 is 18.0 Å². The Morgan fingerprint density at radius 2 is 1.78 bits per heavy atom. The molecule has 1 saturated heterocycles. The molecule has 0 atom stereocenters. The molecule has 2 N–H and O–H groups in total. The minimum Gasteiger partial charge on any atom is -0.360 e. The molecule has 2 amide bonds. The van der Waals surface area contributed by atoms with Gasteiger partial charge in [-0.1, -0.05) is 12.1 Å². The number of nitrogens with zero attached hydrogens (tertiary/aromatic N) is 5. The lowest BCUT2D eigenvalue weighted by atomic mass is 10.1. The molecule has 0 spiro atoms. The molecule has 2 aromatic heterocycles. The Morgan fingerprint density at radius 1 is 1.08 bits per heavy atom. The van der Waals surface area contributed by atoms with E-state index in [9.17, 15) is 18.0 Å². The number of carbonyl (C=O) groups is 2. The molecular formula is C24H31N7O4S. The fourth-order valence-electron chi connectivity index (χ4n) is 4.13. The van der Waals surface area contributed by atoms with Crippen LogP contribution >= 0.6 is 0 Å². The van der Waals surface area contributed by atoms with Gasteiger partial charge >= 0.3 is 0 Å². The summed E-state index contributed by atoms with van der Waals surface area (Å²) in [6, 6.07) is 6.59. The third-order valence-corrected chi connectivity index (χ3v) is 7.06. The van der Waals surface area contributed by atoms with Crippen molar-refractivity contribution in [1.29, 1.82) is 0 Å². The second kappa shape index (κ2) is 10.6. The van der Waals surface area contributed by atoms with E-state index < -0.39 is 9.84 Å². The number of carbonyl (C=O) groups excluding carboxylic acids is 2. The number of nitrogens with one attached hydrogen (secondary N) is 2. The van der Waals surface area contributed by atoms with Gasteiger partial charge in [-0.15, -0.1) is 0 Å². The monoisotopic (exact) mass is 513 g/mol. The van der Waals surface area contributed by atoms with Gasteiger partial charge in [0.2, 0.25) is 11.8 Å². The molecule has 0 aliphatic carbocycles. The number of rotatable bonds is 8. The Kier molecular flexibility index (Phi) is 7.55. The number of anilines is 1. The van der Waals surface area contributed by atoms with E-state index in [1.165, 1.54) is 0 Å². The number of hydrogen-bond acceptors (Lipinski definition) is 8. The van der Waals surface area contributed by atoms with Crippen molar-refractivity contribution in [3.05, 3.63) is 42.9 Å². The van der Waals surface area contributed by atoms with Crippen molar-refractivity contribution in [2.75, 3.05) is 50.8 Å². The molecule has 1 aromatic carbocycles. The van der Waals surface area contributed by atoms with Crippen molar-refractivity contribution in [2.24, 2.45) is 0 Å². The third kappa shape index (κ3) is 6.00. The summed E-state index contributed by atoms with van der Waals surface area (Å²) in [5, 5.41) is 6.12. The van der Waals surface area contributed by atoms with E-state index in [-0.39, 0.29) is 29.3 Å². The van der Waals surface area contributed by atoms with Crippen LogP contribution in [0.4, 0.5) is 5.82 Å². The highest BCUT2D eigenvalue weighted by Gasteiger charge is 2.23. The first-order valence-electron chi connectivity index (χ1n) is 11.8. The zero-order chi connectivity index (χ0) is 25.9. The maximum Gasteiger partial charge on any atom is 0.242 e. The Morgan fingerprint density at radius 3 is 2.42 bits per heavy atom. The van der Waals surface area contributed by atoms with Gasteiger partial charge in [-0.25, -0.2) is 13.4 Å². The lowest BCUT2D eigenvalue weighted by Crippen LogP contribution is -2.52. The van der Waals surface area contributed by atoms with Crippen molar-refractivity contribution in [3.63, 3.8) is 0 Å². The summed E-state index contributed by atoms with van der Waals surface area (Å²) in [6.07, 6.45) is 6.17. The molecule has 3 heterocycles. The zero-order valence-corrected chi connectivity index (χ0v) is 21.5. The van der Waals surface area contributed by atoms with Gasteiger partial charge in [0.05, 0.1) is 24.2 Å². The van der Waals surface area contributed by atoms with E-state index in [0.29, 0.717) is 55.4 Å². The van der Waals surface area contributed by atoms with E-state index in [4.69, 9.17) is 0 Å². The number of imidazole rings is 1. The molecule has 0 radical (unpaired) electrons. The molecule has 0 bridgehead atoms. The molecule has 36 heavy (non-hydrogen) atoms. The Balaban J connectivity index is 1.44. The topological polar surface area (TPSA) is 129 Å². The highest BCUT2D eigenvalue weighted by molar-refractivity contribution is 7.90. The number of hydrogen-bond donors (Lipinski definition) is 2. The van der Waals surface area contributed by atoms with Crippen LogP contribution in [0.1, 0.15) is 13.8 Å². The zero-order valence-electron chi connectivity index (χ0n) is 20.6. The molecule has 12 heteroatoms. The van der Waals surface area contributed by atoms with E-state index in [0.717, 1.165) is 6.26 Å². The summed E-state index contributed by atoms with van der Waals surface area (Å²) in [7, 11) is -3.31. The molecule has 1 aliphatic rings. The molecule has 0 saturated carbocycles. The largest absolute Gasteiger partial charge is 0.360 e. The van der Waals surface area contributed by atoms with Crippen LogP contribution in [0.25, 0.3) is 16.9 Å². The Labute approximate surface area is 210 Å². The van der Waals surface area contributed by atoms with Gasteiger partial charge in [-0.2, -0.15) is 0 Å².